The van der Waals surface area contributed by atoms with Gasteiger partial charge in [0, 0.05) is 0 Å². The second-order valence-corrected chi connectivity index (χ2v) is 5.01. The van der Waals surface area contributed by atoms with Gasteiger partial charge in [-0.3, -0.25) is 0 Å². The minimum absolute atomic E-state index is 0.536. The predicted octanol–water partition coefficient (Wildman–Crippen LogP) is 4.60. The molecule has 0 saturated carbocycles. The zero-order valence-electron chi connectivity index (χ0n) is 9.54. The van der Waals surface area contributed by atoms with Crippen LogP contribution < -0.4 is 0 Å². The van der Waals surface area contributed by atoms with Gasteiger partial charge in [0.25, 0.3) is 0 Å². The molecule has 0 N–H and O–H groups in total. The van der Waals surface area contributed by atoms with Crippen molar-refractivity contribution in [3.63, 3.8) is 0 Å². The van der Waals surface area contributed by atoms with Crippen LogP contribution in [-0.2, 0) is 0 Å². The number of hydrogen-bond donors (Lipinski definition) is 0. The van der Waals surface area contributed by atoms with Crippen LogP contribution in [0.25, 0.3) is 0 Å². The van der Waals surface area contributed by atoms with Gasteiger partial charge in [-0.15, -0.1) is 0 Å². The minimum Gasteiger partial charge on any atom is -0.0654 e. The van der Waals surface area contributed by atoms with Crippen LogP contribution >= 0.6 is 0 Å². The van der Waals surface area contributed by atoms with Crippen molar-refractivity contribution in [2.45, 2.75) is 66.7 Å². The molecule has 12 heavy (non-hydrogen) atoms. The molecule has 0 amide bonds. The zero-order chi connectivity index (χ0) is 9.61. The fourth-order valence-corrected chi connectivity index (χ4v) is 1.90. The molecule has 0 saturated heterocycles. The Morgan fingerprint density at radius 1 is 1.08 bits per heavy atom. The first-order valence-corrected chi connectivity index (χ1v) is 5.27. The quantitative estimate of drug-likeness (QED) is 0.510. The van der Waals surface area contributed by atoms with E-state index in [0.717, 1.165) is 0 Å². The van der Waals surface area contributed by atoms with Crippen molar-refractivity contribution in [2.75, 3.05) is 0 Å². The van der Waals surface area contributed by atoms with Gasteiger partial charge in [-0.1, -0.05) is 53.9 Å². The molecule has 0 rings (SSSR count). The molecule has 1 radical (unpaired) electrons. The molecule has 0 aromatic carbocycles. The number of rotatable bonds is 6. The van der Waals surface area contributed by atoms with Crippen LogP contribution in [0.2, 0.25) is 0 Å². The van der Waals surface area contributed by atoms with Crippen LogP contribution in [0.3, 0.4) is 0 Å². The maximum atomic E-state index is 2.38. The van der Waals surface area contributed by atoms with Crippen LogP contribution in [0.4, 0.5) is 0 Å². The van der Waals surface area contributed by atoms with E-state index in [0.29, 0.717) is 5.41 Å². The Morgan fingerprint density at radius 2 is 1.67 bits per heavy atom. The van der Waals surface area contributed by atoms with Crippen molar-refractivity contribution in [3.05, 3.63) is 5.92 Å². The molecule has 0 heterocycles. The Labute approximate surface area is 78.8 Å². The summed E-state index contributed by atoms with van der Waals surface area (Å²) < 4.78 is 0. The summed E-state index contributed by atoms with van der Waals surface area (Å²) in [5.41, 5.74) is 0.536. The standard InChI is InChI=1S/C12H25/c1-6-7-8-9-12(4,5)10-11(2)3/h6-10H2,1-5H3. The third-order valence-corrected chi connectivity index (χ3v) is 2.29. The highest BCUT2D eigenvalue weighted by Crippen LogP contribution is 2.31. The van der Waals surface area contributed by atoms with E-state index < -0.39 is 0 Å². The summed E-state index contributed by atoms with van der Waals surface area (Å²) in [7, 11) is 0. The lowest BCUT2D eigenvalue weighted by atomic mass is 9.80. The summed E-state index contributed by atoms with van der Waals surface area (Å²) in [4.78, 5) is 0. The summed E-state index contributed by atoms with van der Waals surface area (Å²) in [6.07, 6.45) is 6.80. The SMILES string of the molecule is CCCCCC(C)(C)C[C](C)C. The number of unbranched alkanes of at least 4 members (excludes halogenated alkanes) is 2. The molecule has 0 unspecified atom stereocenters. The Bertz CT molecular complexity index is 101. The van der Waals surface area contributed by atoms with Crippen LogP contribution in [0, 0.1) is 11.3 Å². The molecule has 0 aliphatic rings. The monoisotopic (exact) mass is 169 g/mol. The van der Waals surface area contributed by atoms with E-state index in [1.165, 1.54) is 32.1 Å². The van der Waals surface area contributed by atoms with Crippen LogP contribution in [0.5, 0.6) is 0 Å². The zero-order valence-corrected chi connectivity index (χ0v) is 9.54. The molecule has 0 aliphatic carbocycles. The topological polar surface area (TPSA) is 0 Å². The fraction of sp³-hybridized carbons (Fsp3) is 0.917. The number of hydrogen-bond acceptors (Lipinski definition) is 0. The van der Waals surface area contributed by atoms with Gasteiger partial charge in [0.05, 0.1) is 0 Å². The Morgan fingerprint density at radius 3 is 2.08 bits per heavy atom. The van der Waals surface area contributed by atoms with Gasteiger partial charge in [0.2, 0.25) is 0 Å². The summed E-state index contributed by atoms with van der Waals surface area (Å²) in [6, 6.07) is 0. The molecular formula is C12H25. The smallest absolute Gasteiger partial charge is 0.0298 e. The highest BCUT2D eigenvalue weighted by Gasteiger charge is 2.18. The fourth-order valence-electron chi connectivity index (χ4n) is 1.90. The minimum atomic E-state index is 0.536. The Kier molecular flexibility index (Phi) is 5.61. The van der Waals surface area contributed by atoms with Crippen molar-refractivity contribution >= 4 is 0 Å². The summed E-state index contributed by atoms with van der Waals surface area (Å²) in [5.74, 6) is 1.57. The lowest BCUT2D eigenvalue weighted by molar-refractivity contribution is 0.304. The van der Waals surface area contributed by atoms with Crippen LogP contribution in [-0.4, -0.2) is 0 Å². The molecule has 0 bridgehead atoms. The Balaban J connectivity index is 3.56. The first kappa shape index (κ1) is 12.0. The van der Waals surface area contributed by atoms with E-state index in [2.05, 4.69) is 34.6 Å². The normalized spacial score (nSPS) is 12.5. The highest BCUT2D eigenvalue weighted by molar-refractivity contribution is 4.85. The molecule has 0 atom stereocenters. The van der Waals surface area contributed by atoms with E-state index in [1.54, 1.807) is 5.92 Å². The largest absolute Gasteiger partial charge is 0.0654 e. The summed E-state index contributed by atoms with van der Waals surface area (Å²) in [5, 5.41) is 0. The first-order chi connectivity index (χ1) is 5.48. The first-order valence-electron chi connectivity index (χ1n) is 5.27. The van der Waals surface area contributed by atoms with Gasteiger partial charge in [-0.25, -0.2) is 0 Å². The van der Waals surface area contributed by atoms with Gasteiger partial charge < -0.3 is 0 Å². The summed E-state index contributed by atoms with van der Waals surface area (Å²) >= 11 is 0. The van der Waals surface area contributed by atoms with Crippen molar-refractivity contribution < 1.29 is 0 Å². The van der Waals surface area contributed by atoms with Gasteiger partial charge in [-0.05, 0) is 24.2 Å². The van der Waals surface area contributed by atoms with E-state index in [-0.39, 0.29) is 0 Å². The molecule has 0 aromatic heterocycles. The molecule has 0 nitrogen and oxygen atoms in total. The van der Waals surface area contributed by atoms with Crippen molar-refractivity contribution in [2.24, 2.45) is 5.41 Å². The van der Waals surface area contributed by atoms with Gasteiger partial charge >= 0.3 is 0 Å². The third kappa shape index (κ3) is 6.69. The lowest BCUT2D eigenvalue weighted by Gasteiger charge is -2.26. The van der Waals surface area contributed by atoms with Gasteiger partial charge in [0.15, 0.2) is 0 Å². The second kappa shape index (κ2) is 5.61. The average molecular weight is 169 g/mol. The molecule has 0 aliphatic heterocycles. The maximum absolute atomic E-state index is 2.38. The van der Waals surface area contributed by atoms with E-state index in [1.807, 2.05) is 0 Å². The Hall–Kier alpha value is 0. The van der Waals surface area contributed by atoms with Crippen molar-refractivity contribution in [1.82, 2.24) is 0 Å². The maximum Gasteiger partial charge on any atom is -0.0298 e. The predicted molar refractivity (Wildman–Crippen MR) is 57.1 cm³/mol. The molecule has 0 aromatic rings. The molecule has 0 fully saturated rings. The summed E-state index contributed by atoms with van der Waals surface area (Å²) in [6.45, 7) is 11.5. The van der Waals surface area contributed by atoms with E-state index in [4.69, 9.17) is 0 Å². The molecule has 73 valence electrons. The average Bonchev–Trinajstić information content (AvgIpc) is 1.84. The lowest BCUT2D eigenvalue weighted by Crippen LogP contribution is -2.13. The van der Waals surface area contributed by atoms with Crippen LogP contribution in [0.15, 0.2) is 0 Å². The molecule has 0 heteroatoms. The molecular weight excluding hydrogens is 144 g/mol. The van der Waals surface area contributed by atoms with Gasteiger partial charge in [-0.2, -0.15) is 0 Å². The third-order valence-electron chi connectivity index (χ3n) is 2.29. The second-order valence-electron chi connectivity index (χ2n) is 5.01. The van der Waals surface area contributed by atoms with E-state index >= 15 is 0 Å². The van der Waals surface area contributed by atoms with E-state index in [9.17, 15) is 0 Å². The van der Waals surface area contributed by atoms with Crippen molar-refractivity contribution in [1.29, 1.82) is 0 Å². The molecule has 0 spiro atoms. The van der Waals surface area contributed by atoms with Crippen molar-refractivity contribution in [3.8, 4) is 0 Å². The highest BCUT2D eigenvalue weighted by atomic mass is 14.2. The van der Waals surface area contributed by atoms with Gasteiger partial charge in [0.1, 0.15) is 0 Å². The van der Waals surface area contributed by atoms with Crippen LogP contribution in [0.1, 0.15) is 66.7 Å².